The van der Waals surface area contributed by atoms with Crippen LogP contribution in [0.15, 0.2) is 48.5 Å². The van der Waals surface area contributed by atoms with Gasteiger partial charge in [0.15, 0.2) is 0 Å². The van der Waals surface area contributed by atoms with Crippen LogP contribution in [0.2, 0.25) is 0 Å². The van der Waals surface area contributed by atoms with Crippen molar-refractivity contribution >= 4 is 17.8 Å². The molecule has 2 aromatic rings. The summed E-state index contributed by atoms with van der Waals surface area (Å²) in [5.41, 5.74) is 0.198. The van der Waals surface area contributed by atoms with Crippen LogP contribution in [0.5, 0.6) is 11.5 Å². The fourth-order valence-electron chi connectivity index (χ4n) is 2.56. The first-order valence-electron chi connectivity index (χ1n) is 8.67. The Bertz CT molecular complexity index is 852. The molecule has 0 fully saturated rings. The fraction of sp³-hybridized carbons (Fsp3) is 0.250. The molecule has 0 spiro atoms. The van der Waals surface area contributed by atoms with Gasteiger partial charge in [0.25, 0.3) is 11.8 Å². The predicted molar refractivity (Wildman–Crippen MR) is 101 cm³/mol. The number of methoxy groups -OCH3 is 1. The van der Waals surface area contributed by atoms with Crippen molar-refractivity contribution in [2.24, 2.45) is 0 Å². The number of hydrogen-bond donors (Lipinski definition) is 4. The van der Waals surface area contributed by atoms with Gasteiger partial charge in [-0.05, 0) is 37.1 Å². The average molecular weight is 386 g/mol. The van der Waals surface area contributed by atoms with E-state index in [0.29, 0.717) is 6.42 Å². The first-order chi connectivity index (χ1) is 13.4. The zero-order valence-corrected chi connectivity index (χ0v) is 15.3. The van der Waals surface area contributed by atoms with Gasteiger partial charge < -0.3 is 25.6 Å². The maximum atomic E-state index is 12.3. The number of nitrogens with one attached hydrogen (secondary N) is 2. The summed E-state index contributed by atoms with van der Waals surface area (Å²) in [6.45, 7) is 0.229. The molecular weight excluding hydrogens is 364 g/mol. The molecule has 0 aromatic heterocycles. The molecule has 8 heteroatoms. The van der Waals surface area contributed by atoms with E-state index in [1.54, 1.807) is 24.3 Å². The molecule has 0 aliphatic heterocycles. The Morgan fingerprint density at radius 1 is 0.929 bits per heavy atom. The third kappa shape index (κ3) is 5.47. The maximum absolute atomic E-state index is 12.3. The summed E-state index contributed by atoms with van der Waals surface area (Å²) in [5.74, 6) is -1.99. The van der Waals surface area contributed by atoms with E-state index < -0.39 is 23.8 Å². The number of carbonyl (C=O) groups excluding carboxylic acids is 3. The number of ether oxygens (including phenoxy) is 1. The van der Waals surface area contributed by atoms with Crippen LogP contribution in [-0.2, 0) is 9.53 Å². The molecule has 8 nitrogen and oxygen atoms in total. The number of phenolic OH excluding ortho intramolecular Hbond substituents is 2. The molecular formula is C20H22N2O6. The van der Waals surface area contributed by atoms with Gasteiger partial charge in [-0.25, -0.2) is 4.79 Å². The van der Waals surface area contributed by atoms with Crippen molar-refractivity contribution in [2.45, 2.75) is 18.9 Å². The monoisotopic (exact) mass is 386 g/mol. The van der Waals surface area contributed by atoms with Crippen molar-refractivity contribution in [1.82, 2.24) is 10.6 Å². The van der Waals surface area contributed by atoms with Crippen LogP contribution < -0.4 is 10.6 Å². The van der Waals surface area contributed by atoms with E-state index in [9.17, 15) is 24.6 Å². The van der Waals surface area contributed by atoms with Gasteiger partial charge in [0, 0.05) is 6.54 Å². The average Bonchev–Trinajstić information content (AvgIpc) is 2.70. The van der Waals surface area contributed by atoms with E-state index in [2.05, 4.69) is 10.6 Å². The van der Waals surface area contributed by atoms with Gasteiger partial charge in [-0.3, -0.25) is 9.59 Å². The highest BCUT2D eigenvalue weighted by atomic mass is 16.5. The molecule has 0 radical (unpaired) electrons. The summed E-state index contributed by atoms with van der Waals surface area (Å²) in [6, 6.07) is 11.2. The van der Waals surface area contributed by atoms with E-state index in [-0.39, 0.29) is 35.6 Å². The van der Waals surface area contributed by atoms with E-state index in [1.165, 1.54) is 31.4 Å². The summed E-state index contributed by atoms with van der Waals surface area (Å²) in [6.07, 6.45) is 0.590. The molecule has 1 atom stereocenters. The molecule has 0 bridgehead atoms. The number of amides is 2. The molecule has 0 heterocycles. The number of rotatable bonds is 8. The molecule has 2 aromatic carbocycles. The third-order valence-corrected chi connectivity index (χ3v) is 4.04. The highest BCUT2D eigenvalue weighted by Crippen LogP contribution is 2.16. The van der Waals surface area contributed by atoms with E-state index in [0.717, 1.165) is 0 Å². The second-order valence-electron chi connectivity index (χ2n) is 5.98. The van der Waals surface area contributed by atoms with Crippen molar-refractivity contribution in [1.29, 1.82) is 0 Å². The van der Waals surface area contributed by atoms with Crippen molar-refractivity contribution in [3.63, 3.8) is 0 Å². The number of carbonyl (C=O) groups is 3. The smallest absolute Gasteiger partial charge is 0.328 e. The molecule has 1 unspecified atom stereocenters. The third-order valence-electron chi connectivity index (χ3n) is 4.04. The minimum absolute atomic E-state index is 0.0456. The lowest BCUT2D eigenvalue weighted by Crippen LogP contribution is -2.42. The van der Waals surface area contributed by atoms with Gasteiger partial charge in [-0.1, -0.05) is 24.3 Å². The molecule has 0 saturated heterocycles. The van der Waals surface area contributed by atoms with Crippen molar-refractivity contribution in [3.8, 4) is 11.5 Å². The zero-order chi connectivity index (χ0) is 20.5. The van der Waals surface area contributed by atoms with Crippen LogP contribution in [0.4, 0.5) is 0 Å². The Morgan fingerprint density at radius 3 is 2.00 bits per heavy atom. The van der Waals surface area contributed by atoms with Crippen LogP contribution in [0.25, 0.3) is 0 Å². The van der Waals surface area contributed by atoms with Gasteiger partial charge in [0.2, 0.25) is 0 Å². The van der Waals surface area contributed by atoms with E-state index in [4.69, 9.17) is 4.74 Å². The molecule has 28 heavy (non-hydrogen) atoms. The van der Waals surface area contributed by atoms with E-state index in [1.807, 2.05) is 0 Å². The van der Waals surface area contributed by atoms with Crippen LogP contribution in [0, 0.1) is 0 Å². The number of esters is 1. The molecule has 2 rings (SSSR count). The maximum Gasteiger partial charge on any atom is 0.328 e. The summed E-state index contributed by atoms with van der Waals surface area (Å²) < 4.78 is 4.71. The topological polar surface area (TPSA) is 125 Å². The van der Waals surface area contributed by atoms with Crippen molar-refractivity contribution in [3.05, 3.63) is 59.7 Å². The summed E-state index contributed by atoms with van der Waals surface area (Å²) in [7, 11) is 1.21. The van der Waals surface area contributed by atoms with Crippen LogP contribution >= 0.6 is 0 Å². The Balaban J connectivity index is 1.90. The largest absolute Gasteiger partial charge is 0.507 e. The number of para-hydroxylation sites is 2. The van der Waals surface area contributed by atoms with Gasteiger partial charge >= 0.3 is 5.97 Å². The van der Waals surface area contributed by atoms with Gasteiger partial charge in [0.05, 0.1) is 18.2 Å². The summed E-state index contributed by atoms with van der Waals surface area (Å²) in [5, 5.41) is 24.6. The first kappa shape index (κ1) is 20.8. The van der Waals surface area contributed by atoms with Crippen molar-refractivity contribution in [2.75, 3.05) is 13.7 Å². The minimum Gasteiger partial charge on any atom is -0.507 e. The molecule has 0 saturated carbocycles. The SMILES string of the molecule is COC(=O)C(CCCNC(=O)c1ccccc1O)NC(=O)c1ccccc1O. The Labute approximate surface area is 162 Å². The zero-order valence-electron chi connectivity index (χ0n) is 15.3. The number of phenols is 2. The summed E-state index contributed by atoms with van der Waals surface area (Å²) in [4.78, 5) is 36.3. The van der Waals surface area contributed by atoms with E-state index >= 15 is 0 Å². The minimum atomic E-state index is -0.931. The van der Waals surface area contributed by atoms with Crippen LogP contribution in [0.1, 0.15) is 33.6 Å². The number of hydrogen-bond acceptors (Lipinski definition) is 6. The lowest BCUT2D eigenvalue weighted by Gasteiger charge is -2.17. The second-order valence-corrected chi connectivity index (χ2v) is 5.98. The van der Waals surface area contributed by atoms with Crippen LogP contribution in [0.3, 0.4) is 0 Å². The summed E-state index contributed by atoms with van der Waals surface area (Å²) >= 11 is 0. The standard InChI is InChI=1S/C20H22N2O6/c1-28-20(27)15(22-19(26)14-8-3-5-11-17(14)24)9-6-12-21-18(25)13-7-2-4-10-16(13)23/h2-5,7-8,10-11,15,23-24H,6,9,12H2,1H3,(H,21,25)(H,22,26). The van der Waals surface area contributed by atoms with Crippen molar-refractivity contribution < 1.29 is 29.3 Å². The lowest BCUT2D eigenvalue weighted by molar-refractivity contribution is -0.143. The first-order valence-corrected chi connectivity index (χ1v) is 8.67. The number of aromatic hydroxyl groups is 2. The molecule has 2 amide bonds. The van der Waals surface area contributed by atoms with Crippen LogP contribution in [-0.4, -0.2) is 47.7 Å². The predicted octanol–water partition coefficient (Wildman–Crippen LogP) is 1.58. The highest BCUT2D eigenvalue weighted by Gasteiger charge is 2.23. The second kappa shape index (κ2) is 9.96. The fourth-order valence-corrected chi connectivity index (χ4v) is 2.56. The molecule has 148 valence electrons. The Morgan fingerprint density at radius 2 is 1.46 bits per heavy atom. The molecule has 0 aliphatic rings. The van der Waals surface area contributed by atoms with Gasteiger partial charge in [0.1, 0.15) is 17.5 Å². The van der Waals surface area contributed by atoms with Gasteiger partial charge in [-0.2, -0.15) is 0 Å². The normalized spacial score (nSPS) is 11.3. The number of benzene rings is 2. The molecule has 4 N–H and O–H groups in total. The lowest BCUT2D eigenvalue weighted by atomic mass is 10.1. The molecule has 0 aliphatic carbocycles. The quantitative estimate of drug-likeness (QED) is 0.403. The highest BCUT2D eigenvalue weighted by molar-refractivity contribution is 5.99. The Kier molecular flexibility index (Phi) is 7.38. The Hall–Kier alpha value is -3.55. The van der Waals surface area contributed by atoms with Gasteiger partial charge in [-0.15, -0.1) is 0 Å².